The fourth-order valence-electron chi connectivity index (χ4n) is 9.70. The molecule has 2 aromatic rings. The van der Waals surface area contributed by atoms with Gasteiger partial charge in [-0.1, -0.05) is 97.7 Å². The van der Waals surface area contributed by atoms with Gasteiger partial charge in [0.05, 0.1) is 36.7 Å². The number of aliphatic hydroxyl groups is 2. The molecule has 0 unspecified atom stereocenters. The minimum absolute atomic E-state index is 0.0558. The molecule has 486 valence electrons. The van der Waals surface area contributed by atoms with E-state index >= 15 is 0 Å². The molecule has 3 heterocycles. The number of nitrogens with two attached hydrogens (primary N) is 4. The van der Waals surface area contributed by atoms with E-state index in [2.05, 4.69) is 58.2 Å². The van der Waals surface area contributed by atoms with Crippen LogP contribution in [-0.4, -0.2) is 199 Å². The summed E-state index contributed by atoms with van der Waals surface area (Å²) in [4.78, 5) is 143. The smallest absolute Gasteiger partial charge is 0.326 e. The Hall–Kier alpha value is -6.52. The lowest BCUT2D eigenvalue weighted by Gasteiger charge is -2.32. The summed E-state index contributed by atoms with van der Waals surface area (Å²) in [6.45, 7) is 9.63. The molecular weight excluding hydrogens is 1170 g/mol. The zero-order valence-electron chi connectivity index (χ0n) is 50.3. The number of carbonyl (C=O) groups excluding carboxylic acids is 9. The van der Waals surface area contributed by atoms with Gasteiger partial charge in [-0.15, -0.1) is 5.10 Å². The molecule has 14 atom stereocenters. The number of benzene rings is 1. The van der Waals surface area contributed by atoms with Gasteiger partial charge in [0.1, 0.15) is 60.7 Å². The van der Waals surface area contributed by atoms with Crippen LogP contribution in [-0.2, 0) is 54.4 Å². The second-order valence-electron chi connectivity index (χ2n) is 22.0. The number of unbranched alkanes of at least 4 members (excludes halogenated alkanes) is 1. The van der Waals surface area contributed by atoms with Crippen molar-refractivity contribution in [2.75, 3.05) is 37.7 Å². The molecule has 32 heteroatoms. The maximum absolute atomic E-state index is 14.6. The molecule has 20 N–H and O–H groups in total. The van der Waals surface area contributed by atoms with E-state index in [0.29, 0.717) is 37.7 Å². The summed E-state index contributed by atoms with van der Waals surface area (Å²) in [6, 6.07) is -6.43. The van der Waals surface area contributed by atoms with Crippen molar-refractivity contribution in [3.05, 3.63) is 47.8 Å². The van der Waals surface area contributed by atoms with Crippen LogP contribution in [0, 0.1) is 11.8 Å². The zero-order chi connectivity index (χ0) is 64.5. The third-order valence-electron chi connectivity index (χ3n) is 15.4. The molecular formula is C55H91N17O13S2. The average molecular weight is 1260 g/mol. The molecule has 30 nitrogen and oxygen atoms in total. The minimum atomic E-state index is -1.78. The summed E-state index contributed by atoms with van der Waals surface area (Å²) in [6.07, 6.45) is 1.24. The first-order valence-corrected chi connectivity index (χ1v) is 32.0. The summed E-state index contributed by atoms with van der Waals surface area (Å²) >= 11 is 0. The Labute approximate surface area is 514 Å². The first kappa shape index (κ1) is 73.0. The van der Waals surface area contributed by atoms with Crippen LogP contribution in [0.3, 0.4) is 0 Å². The number of fused-ring (bicyclic) bond motifs is 2. The van der Waals surface area contributed by atoms with Crippen molar-refractivity contribution in [1.82, 2.24) is 67.7 Å². The first-order valence-electron chi connectivity index (χ1n) is 29.5. The number of nitrogens with zero attached hydrogens (tertiary/aromatic N) is 4. The third-order valence-corrected chi connectivity index (χ3v) is 17.8. The predicted molar refractivity (Wildman–Crippen MR) is 325 cm³/mol. The number of carbonyl (C=O) groups is 10. The first-order chi connectivity index (χ1) is 41.4. The molecule has 0 bridgehead atoms. The lowest BCUT2D eigenvalue weighted by molar-refractivity contribution is -0.142. The number of hydrogen-bond donors (Lipinski definition) is 16. The number of aromatic nitrogens is 3. The normalized spacial score (nSPS) is 25.4. The molecule has 0 radical (unpaired) electrons. The summed E-state index contributed by atoms with van der Waals surface area (Å²) in [7, 11) is 1.86. The number of aliphatic hydroxyl groups excluding tert-OH is 2. The maximum Gasteiger partial charge on any atom is 0.326 e. The zero-order valence-corrected chi connectivity index (χ0v) is 51.9. The van der Waals surface area contributed by atoms with Crippen LogP contribution >= 0.6 is 21.6 Å². The molecule has 1 aromatic heterocycles. The van der Waals surface area contributed by atoms with Crippen molar-refractivity contribution in [2.24, 2.45) is 34.8 Å². The molecule has 0 aliphatic carbocycles. The van der Waals surface area contributed by atoms with E-state index in [9.17, 15) is 63.3 Å². The molecule has 2 aliphatic rings. The number of hydrogen-bond acceptors (Lipinski definition) is 21. The molecule has 1 saturated heterocycles. The van der Waals surface area contributed by atoms with Crippen LogP contribution in [0.2, 0.25) is 0 Å². The Morgan fingerprint density at radius 1 is 0.782 bits per heavy atom. The van der Waals surface area contributed by atoms with E-state index in [1.165, 1.54) is 22.7 Å². The molecule has 4 rings (SSSR count). The number of amides is 9. The fourth-order valence-corrected chi connectivity index (χ4v) is 12.0. The van der Waals surface area contributed by atoms with Crippen molar-refractivity contribution in [2.45, 2.75) is 185 Å². The topological polar surface area (TPSA) is 478 Å². The van der Waals surface area contributed by atoms with Crippen molar-refractivity contribution >= 4 is 80.7 Å². The SMILES string of the molecule is CC[C@H](C)[C@@H]1NC(=O)[C@@H]2CCCN2C(=O)[C@H](C)n2nncc2[C@H]([C@@H](C)CC)NC(=O)[C@H](CO)NC(=O)[C@H](CCCCN)NC(=O)[C@H]([C@@H](C)O)NC(=O)[C@@H](NC(=O)[C@@H](N)CCCNC(N)N)CSSC[C@@H](C(=O)N[C@@H](Cc2ccccc2)C(=O)O)NC1=O. The molecule has 0 saturated carbocycles. The summed E-state index contributed by atoms with van der Waals surface area (Å²) in [5.41, 5.74) is 24.0. The lowest BCUT2D eigenvalue weighted by Crippen LogP contribution is -2.61. The van der Waals surface area contributed by atoms with E-state index in [1.54, 1.807) is 51.1 Å². The van der Waals surface area contributed by atoms with E-state index in [0.717, 1.165) is 21.6 Å². The van der Waals surface area contributed by atoms with Crippen LogP contribution in [0.25, 0.3) is 0 Å². The van der Waals surface area contributed by atoms with Gasteiger partial charge >= 0.3 is 5.97 Å². The predicted octanol–water partition coefficient (Wildman–Crippen LogP) is -3.40. The van der Waals surface area contributed by atoms with Gasteiger partial charge in [-0.25, -0.2) is 9.48 Å². The molecule has 87 heavy (non-hydrogen) atoms. The van der Waals surface area contributed by atoms with Gasteiger partial charge in [0.15, 0.2) is 0 Å². The number of nitrogens with one attached hydrogen (secondary N) is 9. The summed E-state index contributed by atoms with van der Waals surface area (Å²) in [5, 5.41) is 64.1. The van der Waals surface area contributed by atoms with Crippen molar-refractivity contribution < 1.29 is 63.3 Å². The number of rotatable bonds is 22. The summed E-state index contributed by atoms with van der Waals surface area (Å²) in [5.74, 6) is -10.5. The Morgan fingerprint density at radius 2 is 1.40 bits per heavy atom. The summed E-state index contributed by atoms with van der Waals surface area (Å²) < 4.78 is 1.31. The van der Waals surface area contributed by atoms with E-state index < -0.39 is 151 Å². The molecule has 1 fully saturated rings. The maximum atomic E-state index is 14.6. The standard InChI is InChI=1S/C55H91N17O13S2/c1-7-29(3)42-41-25-61-70-72(41)31(5)53(83)71-23-15-20-40(71)50(80)68-43(30(4)8-2)51(81)66-38(48(78)63-36(54(84)85)24-33-16-10-9-11-17-33)27-86-87-28-39(65-45(75)34(57)18-14-22-60-55(58)59)49(79)69-44(32(6)74)52(82)62-35(19-12-13-21-56)46(76)64-37(26-73)47(77)67-42/h9-11,16-17,25,29-32,34-40,42-44,55,60,73-74H,7-8,12-15,18-24,26-28,56-59H2,1-6H3,(H,62,82)(H,63,78)(H,64,76)(H,65,75)(H,66,81)(H,67,77)(H,68,80)(H,69,79)(H,84,85)/t29-,30-,31-,32+,34-,35-,36-,37-,38-,39-,40-,42-,43-,44-/m0/s1. The highest BCUT2D eigenvalue weighted by Crippen LogP contribution is 2.29. The van der Waals surface area contributed by atoms with Gasteiger partial charge in [-0.05, 0) is 89.3 Å². The Bertz CT molecular complexity index is 2610. The van der Waals surface area contributed by atoms with E-state index in [-0.39, 0.29) is 74.9 Å². The van der Waals surface area contributed by atoms with Gasteiger partial charge < -0.3 is 85.7 Å². The van der Waals surface area contributed by atoms with Crippen LogP contribution < -0.4 is 70.8 Å². The van der Waals surface area contributed by atoms with E-state index in [1.807, 2.05) is 13.8 Å². The highest BCUT2D eigenvalue weighted by molar-refractivity contribution is 8.76. The Balaban J connectivity index is 1.83. The average Bonchev–Trinajstić information content (AvgIpc) is 3.75. The highest BCUT2D eigenvalue weighted by Gasteiger charge is 2.42. The van der Waals surface area contributed by atoms with Crippen LogP contribution in [0.5, 0.6) is 0 Å². The van der Waals surface area contributed by atoms with Crippen LogP contribution in [0.1, 0.15) is 123 Å². The van der Waals surface area contributed by atoms with Gasteiger partial charge in [0, 0.05) is 24.5 Å². The van der Waals surface area contributed by atoms with Gasteiger partial charge in [0.25, 0.3) is 0 Å². The molecule has 9 amide bonds. The van der Waals surface area contributed by atoms with Gasteiger partial charge in [0.2, 0.25) is 53.2 Å². The number of aliphatic carboxylic acids is 1. The molecule has 0 spiro atoms. The number of carboxylic acids is 1. The van der Waals surface area contributed by atoms with Gasteiger partial charge in [-0.3, -0.25) is 48.5 Å². The number of carboxylic acid groups (broad SMARTS) is 1. The molecule has 1 aromatic carbocycles. The largest absolute Gasteiger partial charge is 0.480 e. The van der Waals surface area contributed by atoms with Crippen LogP contribution in [0.4, 0.5) is 0 Å². The monoisotopic (exact) mass is 1260 g/mol. The molecule has 2 aliphatic heterocycles. The van der Waals surface area contributed by atoms with Crippen molar-refractivity contribution in [1.29, 1.82) is 0 Å². The van der Waals surface area contributed by atoms with E-state index in [4.69, 9.17) is 22.9 Å². The van der Waals surface area contributed by atoms with Crippen LogP contribution in [0.15, 0.2) is 36.5 Å². The minimum Gasteiger partial charge on any atom is -0.480 e. The Kier molecular flexibility index (Phi) is 30.8. The highest BCUT2D eigenvalue weighted by atomic mass is 33.1. The quantitative estimate of drug-likeness (QED) is 0.0310. The van der Waals surface area contributed by atoms with Crippen molar-refractivity contribution in [3.8, 4) is 0 Å². The fraction of sp³-hybridized carbons (Fsp3) is 0.673. The third kappa shape index (κ3) is 22.2. The second kappa shape index (κ2) is 36.7. The van der Waals surface area contributed by atoms with Crippen molar-refractivity contribution in [3.63, 3.8) is 0 Å². The lowest BCUT2D eigenvalue weighted by atomic mass is 9.95. The Morgan fingerprint density at radius 3 is 2.03 bits per heavy atom. The second-order valence-corrected chi connectivity index (χ2v) is 24.6. The van der Waals surface area contributed by atoms with Gasteiger partial charge in [-0.2, -0.15) is 0 Å².